The molecule has 1 atom stereocenters. The van der Waals surface area contributed by atoms with Gasteiger partial charge in [-0.25, -0.2) is 4.79 Å². The fraction of sp³-hybridized carbons (Fsp3) is 0.176. The van der Waals surface area contributed by atoms with E-state index in [1.165, 1.54) is 42.5 Å². The number of nitrogens with one attached hydrogen (secondary N) is 1. The fourth-order valence-corrected chi connectivity index (χ4v) is 2.43. The monoisotopic (exact) mass is 367 g/mol. The summed E-state index contributed by atoms with van der Waals surface area (Å²) in [6.07, 6.45) is 1.66. The number of hydrogen-bond acceptors (Lipinski definition) is 5. The molecule has 1 aromatic heterocycles. The van der Waals surface area contributed by atoms with Crippen molar-refractivity contribution in [3.8, 4) is 5.75 Å². The highest BCUT2D eigenvalue weighted by molar-refractivity contribution is 7.08. The van der Waals surface area contributed by atoms with Gasteiger partial charge in [-0.1, -0.05) is 12.1 Å². The van der Waals surface area contributed by atoms with Gasteiger partial charge in [0.25, 0.3) is 5.91 Å². The third kappa shape index (κ3) is 6.00. The molecule has 0 unspecified atom stereocenters. The van der Waals surface area contributed by atoms with Gasteiger partial charge in [0, 0.05) is 6.08 Å². The Bertz CT molecular complexity index is 747. The van der Waals surface area contributed by atoms with Crippen LogP contribution in [-0.4, -0.2) is 24.6 Å². The molecule has 25 heavy (non-hydrogen) atoms. The number of ether oxygens (including phenoxy) is 2. The summed E-state index contributed by atoms with van der Waals surface area (Å²) in [6.45, 7) is -1.64. The van der Waals surface area contributed by atoms with Crippen molar-refractivity contribution in [2.45, 2.75) is 19.6 Å². The third-order valence-corrected chi connectivity index (χ3v) is 3.68. The minimum absolute atomic E-state index is 0.0597. The van der Waals surface area contributed by atoms with Crippen LogP contribution in [0.15, 0.2) is 47.2 Å². The van der Waals surface area contributed by atoms with E-state index in [4.69, 9.17) is 4.74 Å². The number of hydrogen-bond donors (Lipinski definition) is 1. The number of halogens is 2. The number of para-hydroxylation sites is 2. The molecule has 8 heteroatoms. The number of amides is 1. The lowest BCUT2D eigenvalue weighted by molar-refractivity contribution is -0.148. The first-order chi connectivity index (χ1) is 12.0. The van der Waals surface area contributed by atoms with Gasteiger partial charge in [0.1, 0.15) is 5.75 Å². The fourth-order valence-electron chi connectivity index (χ4n) is 1.80. The molecule has 0 saturated carbocycles. The molecular formula is C17H15F2NO4S. The lowest BCUT2D eigenvalue weighted by Crippen LogP contribution is -2.29. The molecule has 1 aromatic carbocycles. The zero-order valence-corrected chi connectivity index (χ0v) is 14.0. The van der Waals surface area contributed by atoms with E-state index < -0.39 is 24.6 Å². The van der Waals surface area contributed by atoms with Crippen molar-refractivity contribution >= 4 is 35.0 Å². The molecular weight excluding hydrogens is 352 g/mol. The topological polar surface area (TPSA) is 64.6 Å². The van der Waals surface area contributed by atoms with Gasteiger partial charge in [0.05, 0.1) is 5.69 Å². The number of benzene rings is 1. The van der Waals surface area contributed by atoms with Gasteiger partial charge in [0.15, 0.2) is 6.10 Å². The Labute approximate surface area is 146 Å². The first-order valence-corrected chi connectivity index (χ1v) is 8.15. The van der Waals surface area contributed by atoms with E-state index in [2.05, 4.69) is 10.1 Å². The molecule has 2 aromatic rings. The van der Waals surface area contributed by atoms with E-state index in [-0.39, 0.29) is 11.4 Å². The standard InChI is InChI=1S/C17H15F2NO4S/c1-11(23-15(21)7-6-12-8-9-25-10-12)16(22)20-13-4-2-3-5-14(13)24-17(18)19/h2-11,17H,1H3,(H,20,22)/b7-6+/t11-/m1/s1. The number of alkyl halides is 2. The number of carbonyl (C=O) groups is 2. The van der Waals surface area contributed by atoms with Crippen LogP contribution >= 0.6 is 11.3 Å². The Morgan fingerprint density at radius 3 is 2.68 bits per heavy atom. The van der Waals surface area contributed by atoms with Crippen molar-refractivity contribution in [3.63, 3.8) is 0 Å². The summed E-state index contributed by atoms with van der Waals surface area (Å²) in [7, 11) is 0. The van der Waals surface area contributed by atoms with Gasteiger partial charge in [-0.3, -0.25) is 4.79 Å². The highest BCUT2D eigenvalue weighted by Gasteiger charge is 2.19. The SMILES string of the molecule is C[C@@H](OC(=O)/C=C/c1ccsc1)C(=O)Nc1ccccc1OC(F)F. The minimum atomic E-state index is -3.02. The molecule has 0 saturated heterocycles. The first kappa shape index (κ1) is 18.6. The predicted molar refractivity (Wildman–Crippen MR) is 90.6 cm³/mol. The number of carbonyl (C=O) groups excluding carboxylic acids is 2. The van der Waals surface area contributed by atoms with Crippen molar-refractivity contribution in [3.05, 3.63) is 52.7 Å². The maximum atomic E-state index is 12.4. The van der Waals surface area contributed by atoms with Crippen LogP contribution in [0.3, 0.4) is 0 Å². The molecule has 1 N–H and O–H groups in total. The summed E-state index contributed by atoms with van der Waals surface area (Å²) in [5, 5.41) is 6.10. The quantitative estimate of drug-likeness (QED) is 0.595. The Balaban J connectivity index is 1.93. The van der Waals surface area contributed by atoms with Gasteiger partial charge in [-0.15, -0.1) is 0 Å². The van der Waals surface area contributed by atoms with Gasteiger partial charge in [-0.05, 0) is 47.5 Å². The maximum absolute atomic E-state index is 12.4. The Morgan fingerprint density at radius 2 is 2.00 bits per heavy atom. The van der Waals surface area contributed by atoms with Gasteiger partial charge in [-0.2, -0.15) is 20.1 Å². The molecule has 1 amide bonds. The molecule has 132 valence electrons. The normalized spacial score (nSPS) is 12.2. The van der Waals surface area contributed by atoms with Crippen LogP contribution in [0.1, 0.15) is 12.5 Å². The van der Waals surface area contributed by atoms with E-state index in [0.29, 0.717) is 0 Å². The van der Waals surface area contributed by atoms with Crippen molar-refractivity contribution in [2.24, 2.45) is 0 Å². The molecule has 0 aliphatic heterocycles. The first-order valence-electron chi connectivity index (χ1n) is 7.21. The van der Waals surface area contributed by atoms with Gasteiger partial charge < -0.3 is 14.8 Å². The molecule has 2 rings (SSSR count). The summed E-state index contributed by atoms with van der Waals surface area (Å²) in [4.78, 5) is 23.8. The third-order valence-electron chi connectivity index (χ3n) is 2.98. The summed E-state index contributed by atoms with van der Waals surface area (Å²) in [6, 6.07) is 7.56. The molecule has 0 aliphatic carbocycles. The second kappa shape index (κ2) is 8.93. The molecule has 0 bridgehead atoms. The van der Waals surface area contributed by atoms with Gasteiger partial charge >= 0.3 is 12.6 Å². The molecule has 0 fully saturated rings. The summed E-state index contributed by atoms with van der Waals surface area (Å²) < 4.78 is 34.0. The Morgan fingerprint density at radius 1 is 1.24 bits per heavy atom. The van der Waals surface area contributed by atoms with Crippen LogP contribution in [0.25, 0.3) is 6.08 Å². The van der Waals surface area contributed by atoms with E-state index in [1.54, 1.807) is 12.1 Å². The highest BCUT2D eigenvalue weighted by Crippen LogP contribution is 2.25. The average molecular weight is 367 g/mol. The van der Waals surface area contributed by atoms with E-state index in [1.807, 2.05) is 16.8 Å². The maximum Gasteiger partial charge on any atom is 0.387 e. The predicted octanol–water partition coefficient (Wildman–Crippen LogP) is 3.93. The smallest absolute Gasteiger partial charge is 0.387 e. The summed E-state index contributed by atoms with van der Waals surface area (Å²) >= 11 is 1.48. The van der Waals surface area contributed by atoms with Crippen LogP contribution in [0.2, 0.25) is 0 Å². The number of rotatable bonds is 7. The molecule has 0 radical (unpaired) electrons. The Hall–Kier alpha value is -2.74. The molecule has 0 spiro atoms. The van der Waals surface area contributed by atoms with Crippen LogP contribution in [0.5, 0.6) is 5.75 Å². The lowest BCUT2D eigenvalue weighted by Gasteiger charge is -2.15. The van der Waals surface area contributed by atoms with Crippen molar-refractivity contribution in [1.82, 2.24) is 0 Å². The Kier molecular flexibility index (Phi) is 6.64. The zero-order chi connectivity index (χ0) is 18.2. The molecule has 0 aliphatic rings. The molecule has 5 nitrogen and oxygen atoms in total. The number of thiophene rings is 1. The second-order valence-electron chi connectivity index (χ2n) is 4.83. The molecule has 1 heterocycles. The average Bonchev–Trinajstić information content (AvgIpc) is 3.07. The van der Waals surface area contributed by atoms with Gasteiger partial charge in [0.2, 0.25) is 0 Å². The van der Waals surface area contributed by atoms with E-state index in [9.17, 15) is 18.4 Å². The largest absolute Gasteiger partial charge is 0.449 e. The van der Waals surface area contributed by atoms with Crippen LogP contribution in [0.4, 0.5) is 14.5 Å². The minimum Gasteiger partial charge on any atom is -0.449 e. The summed E-state index contributed by atoms with van der Waals surface area (Å²) in [5.74, 6) is -1.53. The van der Waals surface area contributed by atoms with Crippen molar-refractivity contribution in [2.75, 3.05) is 5.32 Å². The summed E-state index contributed by atoms with van der Waals surface area (Å²) in [5.41, 5.74) is 0.904. The highest BCUT2D eigenvalue weighted by atomic mass is 32.1. The van der Waals surface area contributed by atoms with Crippen molar-refractivity contribution < 1.29 is 27.8 Å². The van der Waals surface area contributed by atoms with E-state index in [0.717, 1.165) is 5.56 Å². The number of anilines is 1. The number of esters is 1. The van der Waals surface area contributed by atoms with Crippen LogP contribution in [0, 0.1) is 0 Å². The van der Waals surface area contributed by atoms with Crippen molar-refractivity contribution in [1.29, 1.82) is 0 Å². The zero-order valence-electron chi connectivity index (χ0n) is 13.1. The lowest BCUT2D eigenvalue weighted by atomic mass is 10.2. The van der Waals surface area contributed by atoms with Crippen LogP contribution < -0.4 is 10.1 Å². The van der Waals surface area contributed by atoms with Crippen LogP contribution in [-0.2, 0) is 14.3 Å². The van der Waals surface area contributed by atoms with E-state index >= 15 is 0 Å². The second-order valence-corrected chi connectivity index (χ2v) is 5.61.